The molecule has 108 valence electrons. The lowest BCUT2D eigenvalue weighted by atomic mass is 10.0. The predicted octanol–water partition coefficient (Wildman–Crippen LogP) is 2.65. The van der Waals surface area contributed by atoms with E-state index in [0.29, 0.717) is 18.3 Å². The second-order valence-corrected chi connectivity index (χ2v) is 5.11. The molecular weight excluding hydrogens is 254 g/mol. The summed E-state index contributed by atoms with van der Waals surface area (Å²) in [6.07, 6.45) is 0.135. The first kappa shape index (κ1) is 14.7. The number of ether oxygens (including phenoxy) is 1. The Hall–Kier alpha value is -1.72. The Bertz CT molecular complexity index is 525. The Balaban J connectivity index is 2.05. The molecule has 5 heteroatoms. The summed E-state index contributed by atoms with van der Waals surface area (Å²) in [5.74, 6) is 1.12. The van der Waals surface area contributed by atoms with Gasteiger partial charge in [-0.15, -0.1) is 0 Å². The Morgan fingerprint density at radius 1 is 1.20 bits per heavy atom. The topological polar surface area (TPSA) is 74.2 Å². The molecule has 0 spiro atoms. The quantitative estimate of drug-likeness (QED) is 0.877. The zero-order valence-corrected chi connectivity index (χ0v) is 12.1. The number of nitrogens with two attached hydrogens (primary N) is 1. The smallest absolute Gasteiger partial charge is 0.233 e. The van der Waals surface area contributed by atoms with Gasteiger partial charge in [0.25, 0.3) is 0 Å². The van der Waals surface area contributed by atoms with Crippen LogP contribution in [0, 0.1) is 0 Å². The maximum atomic E-state index is 5.99. The van der Waals surface area contributed by atoms with Gasteiger partial charge < -0.3 is 15.0 Å². The van der Waals surface area contributed by atoms with Gasteiger partial charge in [0.05, 0.1) is 24.7 Å². The molecule has 0 saturated carbocycles. The van der Waals surface area contributed by atoms with Crippen LogP contribution in [0.2, 0.25) is 0 Å². The summed E-state index contributed by atoms with van der Waals surface area (Å²) in [4.78, 5) is 4.38. The molecule has 2 N–H and O–H groups in total. The summed E-state index contributed by atoms with van der Waals surface area (Å²) < 4.78 is 10.8. The molecule has 5 nitrogen and oxygen atoms in total. The zero-order chi connectivity index (χ0) is 14.5. The van der Waals surface area contributed by atoms with Crippen molar-refractivity contribution >= 4 is 0 Å². The van der Waals surface area contributed by atoms with E-state index in [1.165, 1.54) is 0 Å². The first-order valence-electron chi connectivity index (χ1n) is 6.83. The van der Waals surface area contributed by atoms with Gasteiger partial charge in [0.15, 0.2) is 5.82 Å². The second kappa shape index (κ2) is 6.63. The number of aromatic nitrogens is 2. The van der Waals surface area contributed by atoms with Crippen molar-refractivity contribution in [2.75, 3.05) is 6.61 Å². The van der Waals surface area contributed by atoms with E-state index in [2.05, 4.69) is 10.1 Å². The molecule has 0 radical (unpaired) electrons. The summed E-state index contributed by atoms with van der Waals surface area (Å²) >= 11 is 0. The Kier molecular flexibility index (Phi) is 4.87. The van der Waals surface area contributed by atoms with Crippen molar-refractivity contribution in [3.05, 3.63) is 47.6 Å². The van der Waals surface area contributed by atoms with E-state index in [-0.39, 0.29) is 18.1 Å². The van der Waals surface area contributed by atoms with E-state index in [1.807, 2.05) is 51.1 Å². The monoisotopic (exact) mass is 275 g/mol. The van der Waals surface area contributed by atoms with Gasteiger partial charge in [-0.3, -0.25) is 0 Å². The van der Waals surface area contributed by atoms with Gasteiger partial charge in [0.1, 0.15) is 0 Å². The van der Waals surface area contributed by atoms with E-state index < -0.39 is 0 Å². The standard InChI is InChI=1S/C15H21N3O2/c1-10(2)19-9-13(16)14-17-15(20-18-14)11(3)12-7-5-4-6-8-12/h4-8,10-11,13H,9,16H2,1-3H3. The van der Waals surface area contributed by atoms with Gasteiger partial charge in [-0.05, 0) is 26.3 Å². The van der Waals surface area contributed by atoms with Gasteiger partial charge >= 0.3 is 0 Å². The fourth-order valence-corrected chi connectivity index (χ4v) is 1.83. The number of benzene rings is 1. The molecule has 0 aliphatic rings. The molecule has 20 heavy (non-hydrogen) atoms. The summed E-state index contributed by atoms with van der Waals surface area (Å²) in [7, 11) is 0. The number of rotatable bonds is 6. The number of hydrogen-bond acceptors (Lipinski definition) is 5. The molecule has 0 saturated heterocycles. The van der Waals surface area contributed by atoms with Crippen LogP contribution >= 0.6 is 0 Å². The van der Waals surface area contributed by atoms with Crippen molar-refractivity contribution < 1.29 is 9.26 Å². The van der Waals surface area contributed by atoms with Gasteiger partial charge in [-0.2, -0.15) is 4.98 Å². The van der Waals surface area contributed by atoms with Crippen molar-refractivity contribution in [1.82, 2.24) is 10.1 Å². The van der Waals surface area contributed by atoms with Crippen LogP contribution in [-0.2, 0) is 4.74 Å². The first-order valence-corrected chi connectivity index (χ1v) is 6.83. The summed E-state index contributed by atoms with van der Waals surface area (Å²) in [5.41, 5.74) is 7.12. The molecular formula is C15H21N3O2. The molecule has 2 atom stereocenters. The largest absolute Gasteiger partial charge is 0.377 e. The molecule has 0 amide bonds. The fraction of sp³-hybridized carbons (Fsp3) is 0.467. The Morgan fingerprint density at radius 3 is 2.55 bits per heavy atom. The summed E-state index contributed by atoms with van der Waals surface area (Å²) in [5, 5.41) is 3.95. The third kappa shape index (κ3) is 3.65. The van der Waals surface area contributed by atoms with Crippen LogP contribution in [0.5, 0.6) is 0 Å². The van der Waals surface area contributed by atoms with Crippen LogP contribution in [0.3, 0.4) is 0 Å². The van der Waals surface area contributed by atoms with E-state index in [0.717, 1.165) is 5.56 Å². The molecule has 2 unspecified atom stereocenters. The van der Waals surface area contributed by atoms with Gasteiger partial charge in [-0.1, -0.05) is 35.5 Å². The van der Waals surface area contributed by atoms with Crippen molar-refractivity contribution in [3.63, 3.8) is 0 Å². The average molecular weight is 275 g/mol. The lowest BCUT2D eigenvalue weighted by Gasteiger charge is -2.10. The number of hydrogen-bond donors (Lipinski definition) is 1. The molecule has 1 heterocycles. The minimum absolute atomic E-state index is 0.0515. The molecule has 0 fully saturated rings. The predicted molar refractivity (Wildman–Crippen MR) is 76.3 cm³/mol. The zero-order valence-electron chi connectivity index (χ0n) is 12.1. The highest BCUT2D eigenvalue weighted by Gasteiger charge is 2.19. The highest BCUT2D eigenvalue weighted by Crippen LogP contribution is 2.23. The highest BCUT2D eigenvalue weighted by molar-refractivity contribution is 5.23. The molecule has 0 aliphatic carbocycles. The van der Waals surface area contributed by atoms with Crippen LogP contribution in [0.4, 0.5) is 0 Å². The maximum Gasteiger partial charge on any atom is 0.233 e. The van der Waals surface area contributed by atoms with E-state index >= 15 is 0 Å². The van der Waals surface area contributed by atoms with Crippen LogP contribution < -0.4 is 5.73 Å². The van der Waals surface area contributed by atoms with Gasteiger partial charge in [-0.25, -0.2) is 0 Å². The van der Waals surface area contributed by atoms with E-state index in [1.54, 1.807) is 0 Å². The minimum Gasteiger partial charge on any atom is -0.377 e. The lowest BCUT2D eigenvalue weighted by Crippen LogP contribution is -2.20. The van der Waals surface area contributed by atoms with Crippen molar-refractivity contribution in [2.24, 2.45) is 5.73 Å². The third-order valence-corrected chi connectivity index (χ3v) is 3.07. The molecule has 1 aromatic heterocycles. The molecule has 2 rings (SSSR count). The summed E-state index contributed by atoms with van der Waals surface area (Å²) in [6.45, 7) is 6.34. The van der Waals surface area contributed by atoms with Gasteiger partial charge in [0, 0.05) is 0 Å². The second-order valence-electron chi connectivity index (χ2n) is 5.11. The average Bonchev–Trinajstić information content (AvgIpc) is 2.94. The molecule has 1 aromatic carbocycles. The van der Waals surface area contributed by atoms with Crippen molar-refractivity contribution in [1.29, 1.82) is 0 Å². The SMILES string of the molecule is CC(C)OCC(N)c1noc(C(C)c2ccccc2)n1. The molecule has 0 aliphatic heterocycles. The first-order chi connectivity index (χ1) is 9.58. The third-order valence-electron chi connectivity index (χ3n) is 3.07. The maximum absolute atomic E-state index is 5.99. The van der Waals surface area contributed by atoms with Gasteiger partial charge in [0.2, 0.25) is 5.89 Å². The van der Waals surface area contributed by atoms with Crippen LogP contribution in [0.1, 0.15) is 50.0 Å². The lowest BCUT2D eigenvalue weighted by molar-refractivity contribution is 0.0665. The van der Waals surface area contributed by atoms with Crippen LogP contribution in [0.25, 0.3) is 0 Å². The Labute approximate surface area is 119 Å². The molecule has 2 aromatic rings. The van der Waals surface area contributed by atoms with Crippen molar-refractivity contribution in [2.45, 2.75) is 38.8 Å². The van der Waals surface area contributed by atoms with Crippen molar-refractivity contribution in [3.8, 4) is 0 Å². The Morgan fingerprint density at radius 2 is 1.90 bits per heavy atom. The highest BCUT2D eigenvalue weighted by atomic mass is 16.5. The van der Waals surface area contributed by atoms with E-state index in [4.69, 9.17) is 15.0 Å². The fourth-order valence-electron chi connectivity index (χ4n) is 1.83. The minimum atomic E-state index is -0.363. The normalized spacial score (nSPS) is 14.4. The summed E-state index contributed by atoms with van der Waals surface area (Å²) in [6, 6.07) is 9.68. The van der Waals surface area contributed by atoms with E-state index in [9.17, 15) is 0 Å². The number of nitrogens with zero attached hydrogens (tertiary/aromatic N) is 2. The molecule has 0 bridgehead atoms. The van der Waals surface area contributed by atoms with Crippen LogP contribution in [0.15, 0.2) is 34.9 Å². The van der Waals surface area contributed by atoms with Crippen LogP contribution in [-0.4, -0.2) is 22.9 Å².